The van der Waals surface area contributed by atoms with E-state index >= 15 is 0 Å². The van der Waals surface area contributed by atoms with Crippen LogP contribution in [-0.2, 0) is 4.74 Å². The molecule has 3 fully saturated rings. The quantitative estimate of drug-likeness (QED) is 0.686. The predicted octanol–water partition coefficient (Wildman–Crippen LogP) is 4.94. The standard InChI is InChI=1S/C17H30O/c1-16(2)13-17(9-8-14(16)12-17)10-11-18-15-6-4-3-5-7-15/h14-15H,3-13H2,1-2H3. The van der Waals surface area contributed by atoms with Gasteiger partial charge in [-0.1, -0.05) is 33.1 Å². The zero-order valence-electron chi connectivity index (χ0n) is 12.3. The molecule has 0 aromatic carbocycles. The van der Waals surface area contributed by atoms with Crippen LogP contribution in [0.25, 0.3) is 0 Å². The summed E-state index contributed by atoms with van der Waals surface area (Å²) < 4.78 is 6.16. The molecule has 2 atom stereocenters. The second-order valence-electron chi connectivity index (χ2n) is 7.99. The normalized spacial score (nSPS) is 39.3. The van der Waals surface area contributed by atoms with Crippen molar-refractivity contribution < 1.29 is 4.74 Å². The highest BCUT2D eigenvalue weighted by atomic mass is 16.5. The Balaban J connectivity index is 1.46. The van der Waals surface area contributed by atoms with Crippen LogP contribution in [-0.4, -0.2) is 12.7 Å². The lowest BCUT2D eigenvalue weighted by molar-refractivity contribution is 0.00780. The van der Waals surface area contributed by atoms with Crippen LogP contribution in [0.2, 0.25) is 0 Å². The van der Waals surface area contributed by atoms with Gasteiger partial charge in [-0.3, -0.25) is 0 Å². The molecule has 3 saturated carbocycles. The second-order valence-corrected chi connectivity index (χ2v) is 7.99. The van der Waals surface area contributed by atoms with Crippen molar-refractivity contribution in [2.75, 3.05) is 6.61 Å². The maximum absolute atomic E-state index is 6.16. The van der Waals surface area contributed by atoms with Crippen molar-refractivity contribution in [3.63, 3.8) is 0 Å². The molecular formula is C17H30O. The monoisotopic (exact) mass is 250 g/mol. The number of ether oxygens (including phenoxy) is 1. The number of fused-ring (bicyclic) bond motifs is 2. The molecule has 0 saturated heterocycles. The Morgan fingerprint density at radius 3 is 2.44 bits per heavy atom. The minimum atomic E-state index is 0.599. The van der Waals surface area contributed by atoms with Gasteiger partial charge in [-0.2, -0.15) is 0 Å². The summed E-state index contributed by atoms with van der Waals surface area (Å²) in [6.45, 7) is 6.01. The fraction of sp³-hybridized carbons (Fsp3) is 1.00. The highest BCUT2D eigenvalue weighted by Crippen LogP contribution is 2.63. The number of hydrogen-bond acceptors (Lipinski definition) is 1. The van der Waals surface area contributed by atoms with Gasteiger partial charge in [-0.05, 0) is 61.7 Å². The molecule has 1 nitrogen and oxygen atoms in total. The first-order valence-corrected chi connectivity index (χ1v) is 8.21. The first-order valence-electron chi connectivity index (χ1n) is 8.21. The molecule has 18 heavy (non-hydrogen) atoms. The van der Waals surface area contributed by atoms with E-state index in [-0.39, 0.29) is 0 Å². The maximum atomic E-state index is 6.16. The summed E-state index contributed by atoms with van der Waals surface area (Å²) in [5.74, 6) is 1.01. The fourth-order valence-corrected chi connectivity index (χ4v) is 5.14. The average molecular weight is 250 g/mol. The lowest BCUT2D eigenvalue weighted by atomic mass is 9.71. The van der Waals surface area contributed by atoms with E-state index in [1.54, 1.807) is 0 Å². The SMILES string of the molecule is CC1(C)CC2(CCOC3CCCCC3)CCC1C2. The molecule has 3 rings (SSSR count). The summed E-state index contributed by atoms with van der Waals surface area (Å²) >= 11 is 0. The fourth-order valence-electron chi connectivity index (χ4n) is 5.14. The summed E-state index contributed by atoms with van der Waals surface area (Å²) in [5, 5.41) is 0. The van der Waals surface area contributed by atoms with Gasteiger partial charge in [0, 0.05) is 6.61 Å². The molecule has 0 spiro atoms. The van der Waals surface area contributed by atoms with E-state index in [4.69, 9.17) is 4.74 Å². The van der Waals surface area contributed by atoms with Crippen LogP contribution in [0.3, 0.4) is 0 Å². The van der Waals surface area contributed by atoms with Crippen LogP contribution < -0.4 is 0 Å². The largest absolute Gasteiger partial charge is 0.378 e. The minimum absolute atomic E-state index is 0.599. The van der Waals surface area contributed by atoms with Crippen LogP contribution in [0.1, 0.15) is 78.1 Å². The molecule has 0 aromatic heterocycles. The van der Waals surface area contributed by atoms with E-state index in [9.17, 15) is 0 Å². The second kappa shape index (κ2) is 4.81. The van der Waals surface area contributed by atoms with Gasteiger partial charge in [-0.25, -0.2) is 0 Å². The Kier molecular flexibility index (Phi) is 3.47. The summed E-state index contributed by atoms with van der Waals surface area (Å²) in [7, 11) is 0. The smallest absolute Gasteiger partial charge is 0.0575 e. The number of rotatable bonds is 4. The zero-order valence-corrected chi connectivity index (χ0v) is 12.3. The summed E-state index contributed by atoms with van der Waals surface area (Å²) in [6.07, 6.45) is 14.7. The molecule has 1 heteroatoms. The number of hydrogen-bond donors (Lipinski definition) is 0. The topological polar surface area (TPSA) is 9.23 Å². The van der Waals surface area contributed by atoms with Crippen molar-refractivity contribution in [2.45, 2.75) is 84.2 Å². The van der Waals surface area contributed by atoms with Crippen LogP contribution in [0, 0.1) is 16.7 Å². The highest BCUT2D eigenvalue weighted by Gasteiger charge is 2.53. The van der Waals surface area contributed by atoms with Crippen LogP contribution in [0.15, 0.2) is 0 Å². The van der Waals surface area contributed by atoms with Gasteiger partial charge in [0.1, 0.15) is 0 Å². The molecule has 3 aliphatic rings. The summed E-state index contributed by atoms with van der Waals surface area (Å²) in [4.78, 5) is 0. The van der Waals surface area contributed by atoms with Crippen LogP contribution in [0.5, 0.6) is 0 Å². The van der Waals surface area contributed by atoms with Gasteiger partial charge in [0.05, 0.1) is 6.10 Å². The van der Waals surface area contributed by atoms with Gasteiger partial charge in [-0.15, -0.1) is 0 Å². The third-order valence-electron chi connectivity index (χ3n) is 6.18. The molecule has 0 radical (unpaired) electrons. The van der Waals surface area contributed by atoms with Gasteiger partial charge >= 0.3 is 0 Å². The third-order valence-corrected chi connectivity index (χ3v) is 6.18. The van der Waals surface area contributed by atoms with Crippen molar-refractivity contribution in [1.82, 2.24) is 0 Å². The van der Waals surface area contributed by atoms with Crippen molar-refractivity contribution in [2.24, 2.45) is 16.7 Å². The molecule has 104 valence electrons. The molecule has 0 N–H and O–H groups in total. The maximum Gasteiger partial charge on any atom is 0.0575 e. The Bertz CT molecular complexity index is 290. The molecule has 3 aliphatic carbocycles. The van der Waals surface area contributed by atoms with E-state index in [2.05, 4.69) is 13.8 Å². The Morgan fingerprint density at radius 1 is 1.06 bits per heavy atom. The minimum Gasteiger partial charge on any atom is -0.378 e. The van der Waals surface area contributed by atoms with Gasteiger partial charge in [0.25, 0.3) is 0 Å². The Morgan fingerprint density at radius 2 is 1.83 bits per heavy atom. The average Bonchev–Trinajstić information content (AvgIpc) is 2.84. The van der Waals surface area contributed by atoms with E-state index < -0.39 is 0 Å². The van der Waals surface area contributed by atoms with Crippen LogP contribution >= 0.6 is 0 Å². The van der Waals surface area contributed by atoms with Gasteiger partial charge in [0.15, 0.2) is 0 Å². The summed E-state index contributed by atoms with van der Waals surface area (Å²) in [5.41, 5.74) is 1.28. The third kappa shape index (κ3) is 2.48. The van der Waals surface area contributed by atoms with Crippen molar-refractivity contribution >= 4 is 0 Å². The van der Waals surface area contributed by atoms with E-state index in [1.807, 2.05) is 0 Å². The molecule has 0 aliphatic heterocycles. The Hall–Kier alpha value is -0.0400. The lowest BCUT2D eigenvalue weighted by Crippen LogP contribution is -2.26. The van der Waals surface area contributed by atoms with E-state index in [1.165, 1.54) is 64.2 Å². The molecule has 2 unspecified atom stereocenters. The molecule has 2 bridgehead atoms. The van der Waals surface area contributed by atoms with Gasteiger partial charge < -0.3 is 4.74 Å². The molecular weight excluding hydrogens is 220 g/mol. The molecule has 0 heterocycles. The summed E-state index contributed by atoms with van der Waals surface area (Å²) in [6, 6.07) is 0. The zero-order chi connectivity index (χ0) is 12.6. The van der Waals surface area contributed by atoms with Crippen molar-refractivity contribution in [1.29, 1.82) is 0 Å². The van der Waals surface area contributed by atoms with Crippen molar-refractivity contribution in [3.05, 3.63) is 0 Å². The van der Waals surface area contributed by atoms with Crippen LogP contribution in [0.4, 0.5) is 0 Å². The van der Waals surface area contributed by atoms with E-state index in [0.717, 1.165) is 12.5 Å². The van der Waals surface area contributed by atoms with E-state index in [0.29, 0.717) is 16.9 Å². The first-order chi connectivity index (χ1) is 8.60. The lowest BCUT2D eigenvalue weighted by Gasteiger charge is -2.35. The highest BCUT2D eigenvalue weighted by molar-refractivity contribution is 5.04. The van der Waals surface area contributed by atoms with Crippen molar-refractivity contribution in [3.8, 4) is 0 Å². The first kappa shape index (κ1) is 13.0. The van der Waals surface area contributed by atoms with Gasteiger partial charge in [0.2, 0.25) is 0 Å². The molecule has 0 aromatic rings. The molecule has 0 amide bonds. The predicted molar refractivity (Wildman–Crippen MR) is 75.6 cm³/mol. The Labute approximate surface area is 113 Å².